The second kappa shape index (κ2) is 7.96. The van der Waals surface area contributed by atoms with Crippen LogP contribution in [0.2, 0.25) is 0 Å². The van der Waals surface area contributed by atoms with Crippen molar-refractivity contribution in [2.75, 3.05) is 19.6 Å². The SMILES string of the molecule is CCN(CC)CCC[C@@H](C)NS(=O)(=O)c1ccc2[nH]c(=O)[nH]c2c1. The minimum Gasteiger partial charge on any atom is -0.306 e. The molecular weight excluding hydrogens is 328 g/mol. The van der Waals surface area contributed by atoms with Crippen molar-refractivity contribution < 1.29 is 8.42 Å². The van der Waals surface area contributed by atoms with Crippen LogP contribution in [-0.4, -0.2) is 49.0 Å². The van der Waals surface area contributed by atoms with Crippen molar-refractivity contribution in [1.82, 2.24) is 19.6 Å². The van der Waals surface area contributed by atoms with Crippen molar-refractivity contribution in [2.45, 2.75) is 44.6 Å². The minimum atomic E-state index is -3.60. The highest BCUT2D eigenvalue weighted by Crippen LogP contribution is 2.15. The Morgan fingerprint density at radius 2 is 1.83 bits per heavy atom. The summed E-state index contributed by atoms with van der Waals surface area (Å²) in [5.74, 6) is 0. The minimum absolute atomic E-state index is 0.147. The summed E-state index contributed by atoms with van der Waals surface area (Å²) < 4.78 is 27.7. The highest BCUT2D eigenvalue weighted by atomic mass is 32.2. The first-order valence-electron chi connectivity index (χ1n) is 8.32. The van der Waals surface area contributed by atoms with Gasteiger partial charge in [-0.2, -0.15) is 0 Å². The van der Waals surface area contributed by atoms with Gasteiger partial charge in [0, 0.05) is 6.04 Å². The zero-order valence-electron chi connectivity index (χ0n) is 14.4. The molecule has 0 saturated carbocycles. The van der Waals surface area contributed by atoms with Crippen LogP contribution in [0, 0.1) is 0 Å². The smallest absolute Gasteiger partial charge is 0.306 e. The molecule has 7 nitrogen and oxygen atoms in total. The first kappa shape index (κ1) is 18.7. The Kier molecular flexibility index (Phi) is 6.20. The number of rotatable bonds is 9. The van der Waals surface area contributed by atoms with Crippen molar-refractivity contribution in [3.63, 3.8) is 0 Å². The first-order valence-corrected chi connectivity index (χ1v) is 9.80. The molecule has 1 atom stereocenters. The summed E-state index contributed by atoms with van der Waals surface area (Å²) in [6.07, 6.45) is 1.72. The van der Waals surface area contributed by atoms with E-state index in [0.29, 0.717) is 11.0 Å². The van der Waals surface area contributed by atoms with Crippen LogP contribution in [0.3, 0.4) is 0 Å². The van der Waals surface area contributed by atoms with Crippen LogP contribution in [0.25, 0.3) is 11.0 Å². The predicted octanol–water partition coefficient (Wildman–Crippen LogP) is 1.64. The number of sulfonamides is 1. The number of nitrogens with zero attached hydrogens (tertiary/aromatic N) is 1. The van der Waals surface area contributed by atoms with Gasteiger partial charge in [0.2, 0.25) is 10.0 Å². The van der Waals surface area contributed by atoms with Gasteiger partial charge in [-0.3, -0.25) is 0 Å². The lowest BCUT2D eigenvalue weighted by Gasteiger charge is -2.19. The number of fused-ring (bicyclic) bond motifs is 1. The molecule has 24 heavy (non-hydrogen) atoms. The Labute approximate surface area is 142 Å². The van der Waals surface area contributed by atoms with E-state index in [2.05, 4.69) is 33.4 Å². The molecule has 1 aromatic heterocycles. The number of benzene rings is 1. The highest BCUT2D eigenvalue weighted by molar-refractivity contribution is 7.89. The van der Waals surface area contributed by atoms with Gasteiger partial charge in [0.25, 0.3) is 0 Å². The summed E-state index contributed by atoms with van der Waals surface area (Å²) in [6, 6.07) is 4.41. The van der Waals surface area contributed by atoms with Gasteiger partial charge in [-0.25, -0.2) is 17.9 Å². The molecule has 1 aromatic carbocycles. The maximum Gasteiger partial charge on any atom is 0.323 e. The average Bonchev–Trinajstić information content (AvgIpc) is 2.90. The number of aromatic amines is 2. The highest BCUT2D eigenvalue weighted by Gasteiger charge is 2.18. The zero-order valence-corrected chi connectivity index (χ0v) is 15.2. The Morgan fingerprint density at radius 3 is 2.50 bits per heavy atom. The maximum atomic E-state index is 12.5. The van der Waals surface area contributed by atoms with E-state index in [1.54, 1.807) is 6.07 Å². The number of imidazole rings is 1. The lowest BCUT2D eigenvalue weighted by atomic mass is 10.2. The van der Waals surface area contributed by atoms with Crippen LogP contribution < -0.4 is 10.4 Å². The summed E-state index contributed by atoms with van der Waals surface area (Å²) in [6.45, 7) is 9.09. The molecule has 0 amide bonds. The number of aromatic nitrogens is 2. The van der Waals surface area contributed by atoms with Crippen LogP contribution >= 0.6 is 0 Å². The third kappa shape index (κ3) is 4.68. The molecule has 0 aliphatic heterocycles. The van der Waals surface area contributed by atoms with E-state index in [0.717, 1.165) is 32.5 Å². The van der Waals surface area contributed by atoms with E-state index in [1.807, 2.05) is 6.92 Å². The van der Waals surface area contributed by atoms with E-state index < -0.39 is 10.0 Å². The summed E-state index contributed by atoms with van der Waals surface area (Å²) in [7, 11) is -3.60. The summed E-state index contributed by atoms with van der Waals surface area (Å²) >= 11 is 0. The zero-order chi connectivity index (χ0) is 17.7. The van der Waals surface area contributed by atoms with Crippen molar-refractivity contribution >= 4 is 21.1 Å². The molecular formula is C16H26N4O3S. The number of nitrogens with one attached hydrogen (secondary N) is 3. The fourth-order valence-corrected chi connectivity index (χ4v) is 4.04. The molecule has 3 N–H and O–H groups in total. The average molecular weight is 354 g/mol. The molecule has 1 heterocycles. The van der Waals surface area contributed by atoms with Gasteiger partial charge in [0.15, 0.2) is 0 Å². The van der Waals surface area contributed by atoms with Gasteiger partial charge in [-0.05, 0) is 57.6 Å². The second-order valence-corrected chi connectivity index (χ2v) is 7.69. The maximum absolute atomic E-state index is 12.5. The molecule has 134 valence electrons. The third-order valence-electron chi connectivity index (χ3n) is 4.16. The summed E-state index contributed by atoms with van der Waals surface area (Å²) in [4.78, 5) is 18.9. The molecule has 0 aliphatic rings. The Balaban J connectivity index is 1.99. The van der Waals surface area contributed by atoms with E-state index in [-0.39, 0.29) is 16.6 Å². The normalized spacial score (nSPS) is 13.7. The van der Waals surface area contributed by atoms with E-state index in [9.17, 15) is 13.2 Å². The molecule has 8 heteroatoms. The van der Waals surface area contributed by atoms with Gasteiger partial charge >= 0.3 is 5.69 Å². The fraction of sp³-hybridized carbons (Fsp3) is 0.562. The van der Waals surface area contributed by atoms with Crippen molar-refractivity contribution in [3.05, 3.63) is 28.7 Å². The standard InChI is InChI=1S/C16H26N4O3S/c1-4-20(5-2)10-6-7-12(3)19-24(22,23)13-8-9-14-15(11-13)18-16(21)17-14/h8-9,11-12,19H,4-7,10H2,1-3H3,(H2,17,18,21)/t12-/m1/s1. The lowest BCUT2D eigenvalue weighted by Crippen LogP contribution is -2.33. The number of H-pyrrole nitrogens is 2. The van der Waals surface area contributed by atoms with E-state index >= 15 is 0 Å². The van der Waals surface area contributed by atoms with Gasteiger partial charge in [0.05, 0.1) is 15.9 Å². The number of hydrogen-bond acceptors (Lipinski definition) is 4. The van der Waals surface area contributed by atoms with Crippen molar-refractivity contribution in [3.8, 4) is 0 Å². The Morgan fingerprint density at radius 1 is 1.17 bits per heavy atom. The molecule has 0 radical (unpaired) electrons. The molecule has 0 bridgehead atoms. The molecule has 0 fully saturated rings. The molecule has 2 aromatic rings. The summed E-state index contributed by atoms with van der Waals surface area (Å²) in [5.41, 5.74) is 0.723. The topological polar surface area (TPSA) is 98.1 Å². The van der Waals surface area contributed by atoms with Crippen LogP contribution in [0.5, 0.6) is 0 Å². The van der Waals surface area contributed by atoms with Crippen LogP contribution in [-0.2, 0) is 10.0 Å². The van der Waals surface area contributed by atoms with Crippen LogP contribution in [0.1, 0.15) is 33.6 Å². The summed E-state index contributed by atoms with van der Waals surface area (Å²) in [5, 5.41) is 0. The molecule has 0 unspecified atom stereocenters. The Bertz CT molecular complexity index is 821. The number of hydrogen-bond donors (Lipinski definition) is 3. The molecule has 0 aliphatic carbocycles. The van der Waals surface area contributed by atoms with Gasteiger partial charge < -0.3 is 14.9 Å². The second-order valence-electron chi connectivity index (χ2n) is 5.98. The van der Waals surface area contributed by atoms with Crippen molar-refractivity contribution in [2.24, 2.45) is 0 Å². The monoisotopic (exact) mass is 354 g/mol. The largest absolute Gasteiger partial charge is 0.323 e. The molecule has 0 spiro atoms. The van der Waals surface area contributed by atoms with Gasteiger partial charge in [-0.15, -0.1) is 0 Å². The fourth-order valence-electron chi connectivity index (χ4n) is 2.73. The van der Waals surface area contributed by atoms with Gasteiger partial charge in [0.1, 0.15) is 0 Å². The lowest BCUT2D eigenvalue weighted by molar-refractivity contribution is 0.293. The third-order valence-corrected chi connectivity index (χ3v) is 5.75. The van der Waals surface area contributed by atoms with E-state index in [1.165, 1.54) is 12.1 Å². The van der Waals surface area contributed by atoms with Gasteiger partial charge in [-0.1, -0.05) is 13.8 Å². The van der Waals surface area contributed by atoms with E-state index in [4.69, 9.17) is 0 Å². The first-order chi connectivity index (χ1) is 11.4. The quantitative estimate of drug-likeness (QED) is 0.638. The predicted molar refractivity (Wildman–Crippen MR) is 95.7 cm³/mol. The Hall–Kier alpha value is -1.64. The van der Waals surface area contributed by atoms with Crippen LogP contribution in [0.4, 0.5) is 0 Å². The van der Waals surface area contributed by atoms with Crippen LogP contribution in [0.15, 0.2) is 27.9 Å². The van der Waals surface area contributed by atoms with Crippen molar-refractivity contribution in [1.29, 1.82) is 0 Å². The molecule has 0 saturated heterocycles. The molecule has 2 rings (SSSR count).